The molecule has 0 aliphatic rings. The summed E-state index contributed by atoms with van der Waals surface area (Å²) in [5.41, 5.74) is 2.90. The predicted octanol–water partition coefficient (Wildman–Crippen LogP) is 5.96. The first-order valence-corrected chi connectivity index (χ1v) is 11.8. The van der Waals surface area contributed by atoms with Crippen LogP contribution >= 0.6 is 0 Å². The van der Waals surface area contributed by atoms with E-state index in [4.69, 9.17) is 9.47 Å². The van der Waals surface area contributed by atoms with Crippen molar-refractivity contribution < 1.29 is 23.9 Å². The van der Waals surface area contributed by atoms with Gasteiger partial charge >= 0.3 is 5.97 Å². The lowest BCUT2D eigenvalue weighted by Crippen LogP contribution is -2.14. The molecule has 3 rings (SSSR count). The second-order valence-electron chi connectivity index (χ2n) is 9.43. The zero-order valence-electron chi connectivity index (χ0n) is 21.1. The smallest absolute Gasteiger partial charge is 0.308 e. The van der Waals surface area contributed by atoms with Gasteiger partial charge in [-0.1, -0.05) is 39.0 Å². The van der Waals surface area contributed by atoms with Crippen LogP contribution in [0, 0.1) is 0 Å². The minimum atomic E-state index is -0.455. The molecular formula is C29H32N2O5. The van der Waals surface area contributed by atoms with E-state index in [0.29, 0.717) is 42.1 Å². The lowest BCUT2D eigenvalue weighted by atomic mass is 9.87. The summed E-state index contributed by atoms with van der Waals surface area (Å²) >= 11 is 0. The maximum absolute atomic E-state index is 12.5. The molecule has 0 aromatic heterocycles. The molecule has 0 aliphatic heterocycles. The summed E-state index contributed by atoms with van der Waals surface area (Å²) < 4.78 is 10.8. The van der Waals surface area contributed by atoms with Crippen LogP contribution in [0.4, 0.5) is 11.4 Å². The maximum Gasteiger partial charge on any atom is 0.308 e. The highest BCUT2D eigenvalue weighted by molar-refractivity contribution is 6.04. The molecule has 0 unspecified atom stereocenters. The Morgan fingerprint density at radius 3 is 2.06 bits per heavy atom. The van der Waals surface area contributed by atoms with E-state index in [1.807, 2.05) is 12.1 Å². The predicted molar refractivity (Wildman–Crippen MR) is 141 cm³/mol. The van der Waals surface area contributed by atoms with Gasteiger partial charge in [0.05, 0.1) is 6.61 Å². The van der Waals surface area contributed by atoms with Crippen LogP contribution in [-0.4, -0.2) is 24.4 Å². The molecule has 0 aliphatic carbocycles. The lowest BCUT2D eigenvalue weighted by molar-refractivity contribution is -0.131. The summed E-state index contributed by atoms with van der Waals surface area (Å²) in [6.07, 6.45) is 0.921. The quantitative estimate of drug-likeness (QED) is 0.220. The van der Waals surface area contributed by atoms with Crippen molar-refractivity contribution in [2.75, 3.05) is 17.2 Å². The number of benzene rings is 3. The summed E-state index contributed by atoms with van der Waals surface area (Å²) in [7, 11) is 0. The van der Waals surface area contributed by atoms with Crippen LogP contribution in [0.2, 0.25) is 0 Å². The van der Waals surface area contributed by atoms with E-state index in [0.717, 1.165) is 5.75 Å². The van der Waals surface area contributed by atoms with E-state index in [-0.39, 0.29) is 17.2 Å². The van der Waals surface area contributed by atoms with Crippen LogP contribution in [0.15, 0.2) is 72.8 Å². The standard InChI is InChI=1S/C29H32N2O5/c1-20(32)36-26-8-5-7-21(19-26)28(34)31-24-14-12-23(13-15-24)30-27(33)9-6-18-35-25-16-10-22(11-17-25)29(2,3)4/h5,7-8,10-17,19H,6,9,18H2,1-4H3,(H,30,33)(H,31,34). The monoisotopic (exact) mass is 488 g/mol. The van der Waals surface area contributed by atoms with Gasteiger partial charge in [0.15, 0.2) is 0 Å². The summed E-state index contributed by atoms with van der Waals surface area (Å²) in [5, 5.41) is 5.63. The molecule has 7 nitrogen and oxygen atoms in total. The number of amides is 2. The van der Waals surface area contributed by atoms with Crippen LogP contribution < -0.4 is 20.1 Å². The van der Waals surface area contributed by atoms with E-state index >= 15 is 0 Å². The van der Waals surface area contributed by atoms with Crippen molar-refractivity contribution in [1.29, 1.82) is 0 Å². The highest BCUT2D eigenvalue weighted by atomic mass is 16.5. The molecular weight excluding hydrogens is 456 g/mol. The third-order valence-electron chi connectivity index (χ3n) is 5.32. The number of hydrogen-bond donors (Lipinski definition) is 2. The van der Waals surface area contributed by atoms with Crippen LogP contribution in [0.25, 0.3) is 0 Å². The van der Waals surface area contributed by atoms with Gasteiger partial charge in [0.1, 0.15) is 11.5 Å². The zero-order chi connectivity index (χ0) is 26.1. The van der Waals surface area contributed by atoms with Gasteiger partial charge in [0, 0.05) is 30.3 Å². The Balaban J connectivity index is 1.42. The van der Waals surface area contributed by atoms with Crippen molar-refractivity contribution in [3.05, 3.63) is 83.9 Å². The second-order valence-corrected chi connectivity index (χ2v) is 9.43. The first-order valence-electron chi connectivity index (χ1n) is 11.8. The molecule has 0 bridgehead atoms. The summed E-state index contributed by atoms with van der Waals surface area (Å²) in [4.78, 5) is 35.9. The highest BCUT2D eigenvalue weighted by Crippen LogP contribution is 2.24. The van der Waals surface area contributed by atoms with Crippen molar-refractivity contribution in [1.82, 2.24) is 0 Å². The highest BCUT2D eigenvalue weighted by Gasteiger charge is 2.13. The fourth-order valence-corrected chi connectivity index (χ4v) is 3.40. The number of nitrogens with one attached hydrogen (secondary N) is 2. The number of ether oxygens (including phenoxy) is 2. The fourth-order valence-electron chi connectivity index (χ4n) is 3.40. The van der Waals surface area contributed by atoms with Gasteiger partial charge in [0.2, 0.25) is 5.91 Å². The van der Waals surface area contributed by atoms with Gasteiger partial charge < -0.3 is 20.1 Å². The average molecular weight is 489 g/mol. The van der Waals surface area contributed by atoms with Crippen LogP contribution in [-0.2, 0) is 15.0 Å². The lowest BCUT2D eigenvalue weighted by Gasteiger charge is -2.19. The van der Waals surface area contributed by atoms with Crippen LogP contribution in [0.3, 0.4) is 0 Å². The molecule has 0 fully saturated rings. The molecule has 36 heavy (non-hydrogen) atoms. The minimum Gasteiger partial charge on any atom is -0.494 e. The average Bonchev–Trinajstić information content (AvgIpc) is 2.82. The van der Waals surface area contributed by atoms with Crippen molar-refractivity contribution >= 4 is 29.2 Å². The Morgan fingerprint density at radius 1 is 0.806 bits per heavy atom. The number of rotatable bonds is 9. The van der Waals surface area contributed by atoms with E-state index < -0.39 is 5.97 Å². The normalized spacial score (nSPS) is 10.9. The molecule has 0 saturated heterocycles. The Kier molecular flexibility index (Phi) is 8.84. The topological polar surface area (TPSA) is 93.7 Å². The Morgan fingerprint density at radius 2 is 1.44 bits per heavy atom. The molecule has 2 amide bonds. The van der Waals surface area contributed by atoms with Crippen LogP contribution in [0.5, 0.6) is 11.5 Å². The van der Waals surface area contributed by atoms with Crippen molar-refractivity contribution in [2.24, 2.45) is 0 Å². The van der Waals surface area contributed by atoms with Crippen molar-refractivity contribution in [3.63, 3.8) is 0 Å². The minimum absolute atomic E-state index is 0.0960. The number of anilines is 2. The Hall–Kier alpha value is -4.13. The fraction of sp³-hybridized carbons (Fsp3) is 0.276. The third kappa shape index (κ3) is 8.27. The van der Waals surface area contributed by atoms with Crippen molar-refractivity contribution in [2.45, 2.75) is 46.0 Å². The Bertz CT molecular complexity index is 1200. The summed E-state index contributed by atoms with van der Waals surface area (Å²) in [6.45, 7) is 8.25. The second kappa shape index (κ2) is 12.0. The van der Waals surface area contributed by atoms with E-state index in [9.17, 15) is 14.4 Å². The molecule has 0 saturated carbocycles. The van der Waals surface area contributed by atoms with Gasteiger partial charge in [-0.15, -0.1) is 0 Å². The van der Waals surface area contributed by atoms with Gasteiger partial charge in [-0.3, -0.25) is 14.4 Å². The number of carbonyl (C=O) groups is 3. The molecule has 3 aromatic rings. The van der Waals surface area contributed by atoms with Gasteiger partial charge in [-0.25, -0.2) is 0 Å². The molecule has 188 valence electrons. The molecule has 3 aromatic carbocycles. The Labute approximate surface area is 211 Å². The first-order chi connectivity index (χ1) is 17.1. The molecule has 0 radical (unpaired) electrons. The third-order valence-corrected chi connectivity index (χ3v) is 5.32. The van der Waals surface area contributed by atoms with E-state index in [2.05, 4.69) is 43.5 Å². The largest absolute Gasteiger partial charge is 0.494 e. The first kappa shape index (κ1) is 26.5. The van der Waals surface area contributed by atoms with Crippen LogP contribution in [0.1, 0.15) is 56.5 Å². The number of hydrogen-bond acceptors (Lipinski definition) is 5. The number of carbonyl (C=O) groups excluding carboxylic acids is 3. The zero-order valence-corrected chi connectivity index (χ0v) is 21.1. The van der Waals surface area contributed by atoms with Gasteiger partial charge in [0.25, 0.3) is 5.91 Å². The molecule has 2 N–H and O–H groups in total. The summed E-state index contributed by atoms with van der Waals surface area (Å²) in [6, 6.07) is 21.2. The summed E-state index contributed by atoms with van der Waals surface area (Å²) in [5.74, 6) is 0.189. The van der Waals surface area contributed by atoms with E-state index in [1.54, 1.807) is 42.5 Å². The molecule has 0 atom stereocenters. The van der Waals surface area contributed by atoms with Crippen molar-refractivity contribution in [3.8, 4) is 11.5 Å². The number of esters is 1. The molecule has 0 spiro atoms. The van der Waals surface area contributed by atoms with E-state index in [1.165, 1.54) is 18.6 Å². The SMILES string of the molecule is CC(=O)Oc1cccc(C(=O)Nc2ccc(NC(=O)CCCOc3ccc(C(C)(C)C)cc3)cc2)c1. The molecule has 7 heteroatoms. The van der Waals surface area contributed by atoms with Gasteiger partial charge in [-0.2, -0.15) is 0 Å². The van der Waals surface area contributed by atoms with Gasteiger partial charge in [-0.05, 0) is 72.0 Å². The molecule has 0 heterocycles. The maximum atomic E-state index is 12.5.